The maximum atomic E-state index is 12.6. The van der Waals surface area contributed by atoms with E-state index in [1.165, 1.54) is 0 Å². The number of piperazine rings is 1. The van der Waals surface area contributed by atoms with Gasteiger partial charge in [-0.25, -0.2) is 4.79 Å². The number of rotatable bonds is 4. The maximum Gasteiger partial charge on any atom is 0.317 e. The quantitative estimate of drug-likeness (QED) is 0.805. The summed E-state index contributed by atoms with van der Waals surface area (Å²) in [6.45, 7) is 4.71. The molecular formula is C20H23Cl2N3O2. The Bertz CT molecular complexity index is 808. The fourth-order valence-corrected chi connectivity index (χ4v) is 3.82. The van der Waals surface area contributed by atoms with E-state index in [0.29, 0.717) is 23.1 Å². The van der Waals surface area contributed by atoms with Crippen molar-refractivity contribution in [3.63, 3.8) is 0 Å². The van der Waals surface area contributed by atoms with Gasteiger partial charge in [-0.15, -0.1) is 0 Å². The second-order valence-corrected chi connectivity index (χ2v) is 7.33. The molecule has 2 aromatic carbocycles. The fourth-order valence-electron chi connectivity index (χ4n) is 3.25. The van der Waals surface area contributed by atoms with Gasteiger partial charge in [-0.05, 0) is 36.8 Å². The van der Waals surface area contributed by atoms with Gasteiger partial charge in [0.15, 0.2) is 0 Å². The van der Waals surface area contributed by atoms with Crippen LogP contribution < -0.4 is 15.0 Å². The number of hydrogen-bond donors (Lipinski definition) is 1. The predicted molar refractivity (Wildman–Crippen MR) is 110 cm³/mol. The normalized spacial score (nSPS) is 15.4. The van der Waals surface area contributed by atoms with E-state index in [1.54, 1.807) is 19.2 Å². The molecular weight excluding hydrogens is 385 g/mol. The predicted octanol–water partition coefficient (Wildman–Crippen LogP) is 4.59. The SMILES string of the molecule is COc1ccccc1N1CCN(C(=O)NC(C)c2ccc(Cl)cc2Cl)CC1. The van der Waals surface area contributed by atoms with Crippen LogP contribution >= 0.6 is 23.2 Å². The van der Waals surface area contributed by atoms with Crippen LogP contribution in [-0.4, -0.2) is 44.2 Å². The summed E-state index contributed by atoms with van der Waals surface area (Å²) in [5, 5.41) is 4.15. The van der Waals surface area contributed by atoms with Crippen molar-refractivity contribution in [2.75, 3.05) is 38.2 Å². The summed E-state index contributed by atoms with van der Waals surface area (Å²) in [6.07, 6.45) is 0. The van der Waals surface area contributed by atoms with Crippen LogP contribution in [0.25, 0.3) is 0 Å². The van der Waals surface area contributed by atoms with E-state index in [0.717, 1.165) is 30.1 Å². The summed E-state index contributed by atoms with van der Waals surface area (Å²) >= 11 is 12.2. The van der Waals surface area contributed by atoms with Crippen LogP contribution in [0.15, 0.2) is 42.5 Å². The highest BCUT2D eigenvalue weighted by Gasteiger charge is 2.24. The molecule has 1 heterocycles. The van der Waals surface area contributed by atoms with Gasteiger partial charge in [0.1, 0.15) is 5.75 Å². The lowest BCUT2D eigenvalue weighted by atomic mass is 10.1. The van der Waals surface area contributed by atoms with E-state index in [9.17, 15) is 4.79 Å². The molecule has 1 aliphatic heterocycles. The molecule has 7 heteroatoms. The van der Waals surface area contributed by atoms with E-state index in [1.807, 2.05) is 42.2 Å². The molecule has 2 aromatic rings. The third-order valence-electron chi connectivity index (χ3n) is 4.76. The average molecular weight is 408 g/mol. The lowest BCUT2D eigenvalue weighted by molar-refractivity contribution is 0.191. The molecule has 144 valence electrons. The lowest BCUT2D eigenvalue weighted by Gasteiger charge is -2.37. The number of carbonyl (C=O) groups is 1. The van der Waals surface area contributed by atoms with Crippen molar-refractivity contribution in [1.82, 2.24) is 10.2 Å². The number of anilines is 1. The van der Waals surface area contributed by atoms with Crippen LogP contribution in [0.2, 0.25) is 10.0 Å². The van der Waals surface area contributed by atoms with Crippen molar-refractivity contribution in [1.29, 1.82) is 0 Å². The minimum absolute atomic E-state index is 0.0896. The first kappa shape index (κ1) is 19.6. The smallest absolute Gasteiger partial charge is 0.317 e. The molecule has 27 heavy (non-hydrogen) atoms. The molecule has 0 spiro atoms. The number of urea groups is 1. The first-order chi connectivity index (χ1) is 13.0. The molecule has 0 bridgehead atoms. The molecule has 0 saturated carbocycles. The number of ether oxygens (including phenoxy) is 1. The van der Waals surface area contributed by atoms with Crippen molar-refractivity contribution < 1.29 is 9.53 Å². The van der Waals surface area contributed by atoms with Gasteiger partial charge in [-0.1, -0.05) is 41.4 Å². The molecule has 0 radical (unpaired) electrons. The molecule has 1 N–H and O–H groups in total. The van der Waals surface area contributed by atoms with Gasteiger partial charge >= 0.3 is 6.03 Å². The largest absolute Gasteiger partial charge is 0.495 e. The zero-order valence-corrected chi connectivity index (χ0v) is 16.9. The Morgan fingerprint density at radius 1 is 1.11 bits per heavy atom. The zero-order chi connectivity index (χ0) is 19.4. The highest BCUT2D eigenvalue weighted by atomic mass is 35.5. The van der Waals surface area contributed by atoms with Gasteiger partial charge in [0.05, 0.1) is 18.8 Å². The second kappa shape index (κ2) is 8.72. The number of amides is 2. The third-order valence-corrected chi connectivity index (χ3v) is 5.32. The zero-order valence-electron chi connectivity index (χ0n) is 15.4. The summed E-state index contributed by atoms with van der Waals surface area (Å²) in [4.78, 5) is 16.7. The topological polar surface area (TPSA) is 44.8 Å². The number of hydrogen-bond acceptors (Lipinski definition) is 3. The minimum Gasteiger partial charge on any atom is -0.495 e. The number of nitrogens with one attached hydrogen (secondary N) is 1. The summed E-state index contributed by atoms with van der Waals surface area (Å²) < 4.78 is 5.44. The van der Waals surface area contributed by atoms with Crippen LogP contribution in [-0.2, 0) is 0 Å². The highest BCUT2D eigenvalue weighted by Crippen LogP contribution is 2.29. The van der Waals surface area contributed by atoms with Gasteiger partial charge in [-0.3, -0.25) is 0 Å². The standard InChI is InChI=1S/C20H23Cl2N3O2/c1-14(16-8-7-15(21)13-17(16)22)23-20(26)25-11-9-24(10-12-25)18-5-3-4-6-19(18)27-2/h3-8,13-14H,9-12H2,1-2H3,(H,23,26). The average Bonchev–Trinajstić information content (AvgIpc) is 2.68. The van der Waals surface area contributed by atoms with Crippen molar-refractivity contribution in [3.8, 4) is 5.75 Å². The molecule has 1 aliphatic rings. The van der Waals surface area contributed by atoms with Crippen LogP contribution in [0.3, 0.4) is 0 Å². The number of nitrogens with zero attached hydrogens (tertiary/aromatic N) is 2. The van der Waals surface area contributed by atoms with E-state index in [2.05, 4.69) is 10.2 Å². The fraction of sp³-hybridized carbons (Fsp3) is 0.350. The first-order valence-electron chi connectivity index (χ1n) is 8.88. The molecule has 1 atom stereocenters. The molecule has 2 amide bonds. The minimum atomic E-state index is -0.200. The Hall–Kier alpha value is -2.11. The van der Waals surface area contributed by atoms with Crippen molar-refractivity contribution in [2.45, 2.75) is 13.0 Å². The van der Waals surface area contributed by atoms with Crippen LogP contribution in [0.4, 0.5) is 10.5 Å². The van der Waals surface area contributed by atoms with E-state index in [4.69, 9.17) is 27.9 Å². The highest BCUT2D eigenvalue weighted by molar-refractivity contribution is 6.35. The summed E-state index contributed by atoms with van der Waals surface area (Å²) in [6, 6.07) is 13.0. The van der Waals surface area contributed by atoms with Gasteiger partial charge in [0.2, 0.25) is 0 Å². The van der Waals surface area contributed by atoms with Gasteiger partial charge < -0.3 is 19.9 Å². The maximum absolute atomic E-state index is 12.6. The Balaban J connectivity index is 1.58. The van der Waals surface area contributed by atoms with Crippen molar-refractivity contribution in [2.24, 2.45) is 0 Å². The Morgan fingerprint density at radius 3 is 2.48 bits per heavy atom. The monoisotopic (exact) mass is 407 g/mol. The van der Waals surface area contributed by atoms with Gasteiger partial charge in [0, 0.05) is 36.2 Å². The lowest BCUT2D eigenvalue weighted by Crippen LogP contribution is -2.52. The number of benzene rings is 2. The second-order valence-electron chi connectivity index (χ2n) is 6.48. The molecule has 0 aliphatic carbocycles. The van der Waals surface area contributed by atoms with Crippen LogP contribution in [0, 0.1) is 0 Å². The van der Waals surface area contributed by atoms with E-state index >= 15 is 0 Å². The molecule has 1 saturated heterocycles. The molecule has 1 fully saturated rings. The van der Waals surface area contributed by atoms with Gasteiger partial charge in [-0.2, -0.15) is 0 Å². The number of carbonyl (C=O) groups excluding carboxylic acids is 1. The number of methoxy groups -OCH3 is 1. The Labute approximate surface area is 169 Å². The van der Waals surface area contributed by atoms with Crippen molar-refractivity contribution in [3.05, 3.63) is 58.1 Å². The Kier molecular flexibility index (Phi) is 6.34. The molecule has 5 nitrogen and oxygen atoms in total. The molecule has 0 aromatic heterocycles. The van der Waals surface area contributed by atoms with E-state index < -0.39 is 0 Å². The molecule has 1 unspecified atom stereocenters. The third kappa shape index (κ3) is 4.60. The number of para-hydroxylation sites is 2. The first-order valence-corrected chi connectivity index (χ1v) is 9.63. The number of halogens is 2. The summed E-state index contributed by atoms with van der Waals surface area (Å²) in [5.41, 5.74) is 1.91. The summed E-state index contributed by atoms with van der Waals surface area (Å²) in [5.74, 6) is 0.849. The van der Waals surface area contributed by atoms with Crippen LogP contribution in [0.5, 0.6) is 5.75 Å². The Morgan fingerprint density at radius 2 is 1.81 bits per heavy atom. The van der Waals surface area contributed by atoms with Crippen LogP contribution in [0.1, 0.15) is 18.5 Å². The van der Waals surface area contributed by atoms with Crippen molar-refractivity contribution >= 4 is 34.9 Å². The molecule has 3 rings (SSSR count). The summed E-state index contributed by atoms with van der Waals surface area (Å²) in [7, 11) is 1.67. The van der Waals surface area contributed by atoms with Gasteiger partial charge in [0.25, 0.3) is 0 Å². The van der Waals surface area contributed by atoms with E-state index in [-0.39, 0.29) is 12.1 Å².